The number of nitrogens with zero attached hydrogens (tertiary/aromatic N) is 2. The Morgan fingerprint density at radius 3 is 2.68 bits per heavy atom. The van der Waals surface area contributed by atoms with Crippen LogP contribution >= 0.6 is 15.9 Å². The third-order valence-corrected chi connectivity index (χ3v) is 4.72. The van der Waals surface area contributed by atoms with E-state index in [1.807, 2.05) is 31.2 Å². The summed E-state index contributed by atoms with van der Waals surface area (Å²) >= 11 is 3.21. The lowest BCUT2D eigenvalue weighted by atomic mass is 10.1. The molecule has 142 valence electrons. The zero-order chi connectivity index (χ0) is 20.1. The van der Waals surface area contributed by atoms with Gasteiger partial charge < -0.3 is 9.67 Å². The van der Waals surface area contributed by atoms with Crippen molar-refractivity contribution in [3.8, 4) is 5.75 Å². The van der Waals surface area contributed by atoms with Crippen molar-refractivity contribution < 1.29 is 9.90 Å². The van der Waals surface area contributed by atoms with Gasteiger partial charge in [-0.3, -0.25) is 9.59 Å². The average Bonchev–Trinajstić information content (AvgIpc) is 2.68. The van der Waals surface area contributed by atoms with Gasteiger partial charge in [-0.1, -0.05) is 29.8 Å². The van der Waals surface area contributed by atoms with Gasteiger partial charge in [0.05, 0.1) is 17.2 Å². The Hall–Kier alpha value is -3.19. The van der Waals surface area contributed by atoms with Crippen molar-refractivity contribution in [3.63, 3.8) is 0 Å². The van der Waals surface area contributed by atoms with Gasteiger partial charge >= 0.3 is 0 Å². The number of aryl methyl sites for hydroxylation is 1. The van der Waals surface area contributed by atoms with E-state index in [0.29, 0.717) is 16.6 Å². The van der Waals surface area contributed by atoms with Crippen LogP contribution in [0.4, 0.5) is 0 Å². The van der Waals surface area contributed by atoms with Crippen molar-refractivity contribution in [3.05, 3.63) is 97.9 Å². The highest BCUT2D eigenvalue weighted by Gasteiger charge is 2.11. The minimum Gasteiger partial charge on any atom is -0.507 e. The molecule has 1 heterocycles. The molecule has 3 rings (SSSR count). The number of nitrogens with one attached hydrogen (secondary N) is 1. The van der Waals surface area contributed by atoms with Crippen molar-refractivity contribution >= 4 is 28.1 Å². The maximum atomic E-state index is 12.6. The zero-order valence-electron chi connectivity index (χ0n) is 15.1. The normalized spacial score (nSPS) is 10.9. The summed E-state index contributed by atoms with van der Waals surface area (Å²) in [7, 11) is 0. The molecule has 2 N–H and O–H groups in total. The van der Waals surface area contributed by atoms with Crippen LogP contribution in [0.5, 0.6) is 5.75 Å². The largest absolute Gasteiger partial charge is 0.507 e. The highest BCUT2D eigenvalue weighted by Crippen LogP contribution is 2.23. The molecule has 0 fully saturated rings. The maximum Gasteiger partial charge on any atom is 0.276 e. The van der Waals surface area contributed by atoms with E-state index in [1.54, 1.807) is 24.4 Å². The van der Waals surface area contributed by atoms with Gasteiger partial charge in [-0.05, 0) is 64.3 Å². The van der Waals surface area contributed by atoms with E-state index in [4.69, 9.17) is 0 Å². The lowest BCUT2D eigenvalue weighted by molar-refractivity contribution is 0.0953. The number of carbonyl (C=O) groups is 1. The Balaban J connectivity index is 1.73. The van der Waals surface area contributed by atoms with Crippen LogP contribution in [-0.2, 0) is 6.54 Å². The van der Waals surface area contributed by atoms with E-state index in [-0.39, 0.29) is 16.9 Å². The van der Waals surface area contributed by atoms with Crippen molar-refractivity contribution in [1.29, 1.82) is 0 Å². The molecular formula is C21H18BrN3O3. The second-order valence-electron chi connectivity index (χ2n) is 6.25. The van der Waals surface area contributed by atoms with Crippen molar-refractivity contribution in [2.24, 2.45) is 5.10 Å². The van der Waals surface area contributed by atoms with E-state index in [0.717, 1.165) is 11.1 Å². The number of pyridine rings is 1. The highest BCUT2D eigenvalue weighted by atomic mass is 79.9. The van der Waals surface area contributed by atoms with Gasteiger partial charge in [-0.15, -0.1) is 0 Å². The first kappa shape index (κ1) is 19.6. The molecule has 0 aliphatic carbocycles. The molecule has 0 atom stereocenters. The molecule has 28 heavy (non-hydrogen) atoms. The van der Waals surface area contributed by atoms with E-state index in [1.165, 1.54) is 22.9 Å². The second kappa shape index (κ2) is 8.67. The number of hydrogen-bond acceptors (Lipinski definition) is 4. The van der Waals surface area contributed by atoms with Crippen LogP contribution < -0.4 is 11.0 Å². The minimum absolute atomic E-state index is 0.0126. The lowest BCUT2D eigenvalue weighted by Gasteiger charge is -2.08. The Morgan fingerprint density at radius 1 is 1.21 bits per heavy atom. The molecule has 7 heteroatoms. The fourth-order valence-corrected chi connectivity index (χ4v) is 2.95. The number of carbonyl (C=O) groups excluding carboxylic acids is 1. The Kier molecular flexibility index (Phi) is 6.06. The SMILES string of the molecule is Cc1ccc(Cn2cccc(C(=O)N/N=C\c3ccc(O)c(Br)c3)c2=O)cc1. The fraction of sp³-hybridized carbons (Fsp3) is 0.0952. The number of rotatable bonds is 5. The number of hydrazone groups is 1. The molecule has 0 saturated carbocycles. The highest BCUT2D eigenvalue weighted by molar-refractivity contribution is 9.10. The summed E-state index contributed by atoms with van der Waals surface area (Å²) in [6.07, 6.45) is 3.08. The molecule has 0 unspecified atom stereocenters. The Morgan fingerprint density at radius 2 is 1.96 bits per heavy atom. The van der Waals surface area contributed by atoms with E-state index in [2.05, 4.69) is 26.5 Å². The number of aromatic nitrogens is 1. The summed E-state index contributed by atoms with van der Waals surface area (Å²) in [6, 6.07) is 15.8. The first-order valence-corrected chi connectivity index (χ1v) is 9.30. The predicted molar refractivity (Wildman–Crippen MR) is 112 cm³/mol. The number of hydrogen-bond donors (Lipinski definition) is 2. The summed E-state index contributed by atoms with van der Waals surface area (Å²) in [6.45, 7) is 2.38. The molecule has 6 nitrogen and oxygen atoms in total. The van der Waals surface area contributed by atoms with Gasteiger partial charge in [-0.2, -0.15) is 5.10 Å². The molecule has 1 amide bonds. The summed E-state index contributed by atoms with van der Waals surface area (Å²) < 4.78 is 2.00. The van der Waals surface area contributed by atoms with Crippen LogP contribution in [0.1, 0.15) is 27.0 Å². The third-order valence-electron chi connectivity index (χ3n) is 4.09. The van der Waals surface area contributed by atoms with Crippen molar-refractivity contribution in [2.75, 3.05) is 0 Å². The number of phenols is 1. The Labute approximate surface area is 170 Å². The second-order valence-corrected chi connectivity index (χ2v) is 7.10. The molecular weight excluding hydrogens is 422 g/mol. The van der Waals surface area contributed by atoms with Crippen LogP contribution in [-0.4, -0.2) is 21.8 Å². The Bertz CT molecular complexity index is 1090. The molecule has 0 bridgehead atoms. The van der Waals surface area contributed by atoms with Gasteiger partial charge in [0.25, 0.3) is 11.5 Å². The number of aromatic hydroxyl groups is 1. The van der Waals surface area contributed by atoms with Gasteiger partial charge in [-0.25, -0.2) is 5.43 Å². The van der Waals surface area contributed by atoms with E-state index < -0.39 is 5.91 Å². The quantitative estimate of drug-likeness (QED) is 0.471. The van der Waals surface area contributed by atoms with Crippen LogP contribution in [0, 0.1) is 6.92 Å². The lowest BCUT2D eigenvalue weighted by Crippen LogP contribution is -2.30. The average molecular weight is 440 g/mol. The van der Waals surface area contributed by atoms with Gasteiger partial charge in [0.15, 0.2) is 0 Å². The summed E-state index contributed by atoms with van der Waals surface area (Å²) in [4.78, 5) is 25.0. The predicted octanol–water partition coefficient (Wildman–Crippen LogP) is 3.44. The van der Waals surface area contributed by atoms with Crippen LogP contribution in [0.2, 0.25) is 0 Å². The molecule has 1 aromatic heterocycles. The number of phenolic OH excluding ortho intramolecular Hbond substituents is 1. The van der Waals surface area contributed by atoms with Crippen molar-refractivity contribution in [1.82, 2.24) is 9.99 Å². The smallest absolute Gasteiger partial charge is 0.276 e. The van der Waals surface area contributed by atoms with E-state index >= 15 is 0 Å². The monoisotopic (exact) mass is 439 g/mol. The van der Waals surface area contributed by atoms with E-state index in [9.17, 15) is 14.7 Å². The topological polar surface area (TPSA) is 83.7 Å². The maximum absolute atomic E-state index is 12.6. The summed E-state index contributed by atoms with van der Waals surface area (Å²) in [5.41, 5.74) is 4.78. The first-order valence-electron chi connectivity index (χ1n) is 8.51. The minimum atomic E-state index is -0.586. The van der Waals surface area contributed by atoms with Crippen LogP contribution in [0.25, 0.3) is 0 Å². The molecule has 0 spiro atoms. The summed E-state index contributed by atoms with van der Waals surface area (Å²) in [5, 5.41) is 13.4. The number of benzene rings is 2. The zero-order valence-corrected chi connectivity index (χ0v) is 16.7. The van der Waals surface area contributed by atoms with Gasteiger partial charge in [0.1, 0.15) is 11.3 Å². The third kappa shape index (κ3) is 4.75. The number of halogens is 1. The molecule has 3 aromatic rings. The fourth-order valence-electron chi connectivity index (χ4n) is 2.55. The summed E-state index contributed by atoms with van der Waals surface area (Å²) in [5.74, 6) is -0.475. The standard InChI is InChI=1S/C21H18BrN3O3/c1-14-4-6-15(7-5-14)13-25-10-2-3-17(21(25)28)20(27)24-23-12-16-8-9-19(26)18(22)11-16/h2-12,26H,13H2,1H3,(H,24,27)/b23-12-. The van der Waals surface area contributed by atoms with Crippen LogP contribution in [0.15, 0.2) is 75.2 Å². The van der Waals surface area contributed by atoms with Crippen LogP contribution in [0.3, 0.4) is 0 Å². The van der Waals surface area contributed by atoms with Gasteiger partial charge in [0, 0.05) is 6.20 Å². The molecule has 2 aromatic carbocycles. The first-order chi connectivity index (χ1) is 13.4. The number of amides is 1. The molecule has 0 saturated heterocycles. The molecule has 0 aliphatic rings. The van der Waals surface area contributed by atoms with Crippen molar-refractivity contribution in [2.45, 2.75) is 13.5 Å². The molecule has 0 radical (unpaired) electrons. The van der Waals surface area contributed by atoms with Gasteiger partial charge in [0.2, 0.25) is 0 Å². The molecule has 0 aliphatic heterocycles.